The standard InChI is InChI=1S/C20H21F6N3O3/c1-10-5-3-8-14(11(10)2)29-16(31)18(20(24,25)26,28-17(29)32)27-15(30)12-6-4-7-13(9-12)19(21,22)23/h4,6-7,9-11,14H,3,5,8H2,1-2H3,(H,27,30)(H,28,32). The van der Waals surface area contributed by atoms with E-state index in [0.29, 0.717) is 29.9 Å². The van der Waals surface area contributed by atoms with Crippen molar-refractivity contribution in [1.82, 2.24) is 15.5 Å². The van der Waals surface area contributed by atoms with Crippen LogP contribution < -0.4 is 10.6 Å². The smallest absolute Gasteiger partial charge is 0.314 e. The van der Waals surface area contributed by atoms with Gasteiger partial charge in [0, 0.05) is 11.6 Å². The molecule has 2 N–H and O–H groups in total. The first-order valence-electron chi connectivity index (χ1n) is 9.91. The summed E-state index contributed by atoms with van der Waals surface area (Å²) < 4.78 is 80.9. The zero-order valence-corrected chi connectivity index (χ0v) is 17.1. The second-order valence-corrected chi connectivity index (χ2v) is 8.22. The van der Waals surface area contributed by atoms with E-state index in [9.17, 15) is 40.7 Å². The minimum absolute atomic E-state index is 0.0509. The van der Waals surface area contributed by atoms with Gasteiger partial charge in [0.2, 0.25) is 0 Å². The van der Waals surface area contributed by atoms with E-state index in [2.05, 4.69) is 0 Å². The quantitative estimate of drug-likeness (QED) is 0.522. The van der Waals surface area contributed by atoms with Gasteiger partial charge in [-0.3, -0.25) is 19.8 Å². The molecule has 1 aromatic carbocycles. The molecule has 2 aliphatic rings. The van der Waals surface area contributed by atoms with Crippen LogP contribution in [0.15, 0.2) is 24.3 Å². The van der Waals surface area contributed by atoms with Crippen LogP contribution in [0.1, 0.15) is 49.0 Å². The summed E-state index contributed by atoms with van der Waals surface area (Å²) in [5.74, 6) is -3.52. The van der Waals surface area contributed by atoms with Gasteiger partial charge in [0.25, 0.3) is 17.5 Å². The van der Waals surface area contributed by atoms with Crippen molar-refractivity contribution in [1.29, 1.82) is 0 Å². The van der Waals surface area contributed by atoms with E-state index in [1.165, 1.54) is 5.32 Å². The predicted molar refractivity (Wildman–Crippen MR) is 99.0 cm³/mol. The summed E-state index contributed by atoms with van der Waals surface area (Å²) in [5, 5.41) is 2.99. The van der Waals surface area contributed by atoms with E-state index in [-0.39, 0.29) is 11.8 Å². The molecule has 1 aromatic rings. The fourth-order valence-electron chi connectivity index (χ4n) is 4.19. The second kappa shape index (κ2) is 7.96. The molecule has 0 radical (unpaired) electrons. The van der Waals surface area contributed by atoms with E-state index in [0.717, 1.165) is 18.6 Å². The number of hydrogen-bond donors (Lipinski definition) is 2. The number of halogens is 6. The molecule has 4 amide bonds. The number of amides is 4. The highest BCUT2D eigenvalue weighted by atomic mass is 19.4. The van der Waals surface area contributed by atoms with Gasteiger partial charge in [-0.15, -0.1) is 0 Å². The third-order valence-corrected chi connectivity index (χ3v) is 6.23. The van der Waals surface area contributed by atoms with Crippen LogP contribution in [-0.4, -0.2) is 40.6 Å². The van der Waals surface area contributed by atoms with Crippen molar-refractivity contribution in [3.8, 4) is 0 Å². The van der Waals surface area contributed by atoms with Crippen molar-refractivity contribution in [3.05, 3.63) is 35.4 Å². The normalized spacial score (nSPS) is 29.1. The van der Waals surface area contributed by atoms with Crippen molar-refractivity contribution in [3.63, 3.8) is 0 Å². The second-order valence-electron chi connectivity index (χ2n) is 8.22. The Hall–Kier alpha value is -2.79. The molecule has 1 saturated carbocycles. The third-order valence-electron chi connectivity index (χ3n) is 6.23. The van der Waals surface area contributed by atoms with E-state index in [1.54, 1.807) is 12.2 Å². The lowest BCUT2D eigenvalue weighted by atomic mass is 9.77. The number of benzene rings is 1. The lowest BCUT2D eigenvalue weighted by molar-refractivity contribution is -0.201. The average Bonchev–Trinajstić information content (AvgIpc) is 2.94. The predicted octanol–water partition coefficient (Wildman–Crippen LogP) is 4.07. The van der Waals surface area contributed by atoms with Crippen molar-refractivity contribution < 1.29 is 40.7 Å². The van der Waals surface area contributed by atoms with Crippen LogP contribution in [-0.2, 0) is 11.0 Å². The highest BCUT2D eigenvalue weighted by Gasteiger charge is 2.70. The number of carbonyl (C=O) groups is 3. The summed E-state index contributed by atoms with van der Waals surface area (Å²) >= 11 is 0. The average molecular weight is 465 g/mol. The van der Waals surface area contributed by atoms with E-state index in [1.807, 2.05) is 6.92 Å². The summed E-state index contributed by atoms with van der Waals surface area (Å²) in [6.07, 6.45) is -8.59. The summed E-state index contributed by atoms with van der Waals surface area (Å²) in [5.41, 5.74) is -5.78. The minimum Gasteiger partial charge on any atom is -0.314 e. The largest absolute Gasteiger partial charge is 0.440 e. The van der Waals surface area contributed by atoms with Gasteiger partial charge in [0.15, 0.2) is 0 Å². The third kappa shape index (κ3) is 4.02. The maximum atomic E-state index is 14.0. The highest BCUT2D eigenvalue weighted by molar-refractivity contribution is 6.10. The van der Waals surface area contributed by atoms with Crippen LogP contribution in [0.3, 0.4) is 0 Å². The molecule has 1 saturated heterocycles. The van der Waals surface area contributed by atoms with Crippen molar-refractivity contribution >= 4 is 17.8 Å². The topological polar surface area (TPSA) is 78.5 Å². The van der Waals surface area contributed by atoms with Crippen LogP contribution in [0, 0.1) is 11.8 Å². The molecule has 12 heteroatoms. The number of hydrogen-bond acceptors (Lipinski definition) is 3. The summed E-state index contributed by atoms with van der Waals surface area (Å²) in [6, 6.07) is 0.613. The van der Waals surface area contributed by atoms with Crippen LogP contribution in [0.2, 0.25) is 0 Å². The molecule has 6 nitrogen and oxygen atoms in total. The number of urea groups is 1. The minimum atomic E-state index is -5.45. The molecule has 0 bridgehead atoms. The molecule has 4 atom stereocenters. The van der Waals surface area contributed by atoms with E-state index >= 15 is 0 Å². The molecule has 4 unspecified atom stereocenters. The number of nitrogens with one attached hydrogen (secondary N) is 2. The molecule has 0 spiro atoms. The maximum Gasteiger partial charge on any atom is 0.440 e. The summed E-state index contributed by atoms with van der Waals surface area (Å²) in [7, 11) is 0. The molecule has 3 rings (SSSR count). The van der Waals surface area contributed by atoms with Crippen molar-refractivity contribution in [2.75, 3.05) is 0 Å². The Morgan fingerprint density at radius 1 is 1.12 bits per heavy atom. The van der Waals surface area contributed by atoms with Gasteiger partial charge >= 0.3 is 18.4 Å². The van der Waals surface area contributed by atoms with Crippen molar-refractivity contribution in [2.24, 2.45) is 11.8 Å². The highest BCUT2D eigenvalue weighted by Crippen LogP contribution is 2.40. The van der Waals surface area contributed by atoms with Gasteiger partial charge in [-0.1, -0.05) is 32.8 Å². The van der Waals surface area contributed by atoms with Gasteiger partial charge in [-0.25, -0.2) is 4.79 Å². The van der Waals surface area contributed by atoms with E-state index < -0.39 is 53.0 Å². The zero-order chi connectivity index (χ0) is 24.1. The monoisotopic (exact) mass is 465 g/mol. The number of nitrogens with zero attached hydrogens (tertiary/aromatic N) is 1. The fraction of sp³-hybridized carbons (Fsp3) is 0.550. The first-order chi connectivity index (χ1) is 14.7. The molecule has 1 aliphatic carbocycles. The SMILES string of the molecule is CC1CCCC(N2C(=O)NC(NC(=O)c3cccc(C(F)(F)F)c3)(C(F)(F)F)C2=O)C1C. The maximum absolute atomic E-state index is 14.0. The van der Waals surface area contributed by atoms with Crippen molar-refractivity contribution in [2.45, 2.75) is 57.2 Å². The summed E-state index contributed by atoms with van der Waals surface area (Å²) in [4.78, 5) is 38.4. The Kier molecular flexibility index (Phi) is 5.94. The summed E-state index contributed by atoms with van der Waals surface area (Å²) in [6.45, 7) is 3.59. The number of alkyl halides is 6. The Morgan fingerprint density at radius 2 is 1.78 bits per heavy atom. The molecule has 32 heavy (non-hydrogen) atoms. The molecule has 0 aromatic heterocycles. The zero-order valence-electron chi connectivity index (χ0n) is 17.1. The Bertz CT molecular complexity index is 932. The Morgan fingerprint density at radius 3 is 2.38 bits per heavy atom. The van der Waals surface area contributed by atoms with Gasteiger partial charge in [0.1, 0.15) is 0 Å². The molecule has 2 fully saturated rings. The fourth-order valence-corrected chi connectivity index (χ4v) is 4.19. The molecular weight excluding hydrogens is 444 g/mol. The van der Waals surface area contributed by atoms with Crippen LogP contribution in [0.25, 0.3) is 0 Å². The number of rotatable bonds is 3. The molecule has 176 valence electrons. The van der Waals surface area contributed by atoms with Crippen LogP contribution in [0.4, 0.5) is 31.1 Å². The lowest BCUT2D eigenvalue weighted by Gasteiger charge is -2.38. The van der Waals surface area contributed by atoms with Gasteiger partial charge in [0.05, 0.1) is 5.56 Å². The molecular formula is C20H21F6N3O3. The van der Waals surface area contributed by atoms with Crippen LogP contribution in [0.5, 0.6) is 0 Å². The van der Waals surface area contributed by atoms with Crippen LogP contribution >= 0.6 is 0 Å². The first kappa shape index (κ1) is 23.9. The van der Waals surface area contributed by atoms with E-state index in [4.69, 9.17) is 0 Å². The molecule has 1 heterocycles. The Balaban J connectivity index is 1.95. The molecule has 1 aliphatic heterocycles. The van der Waals surface area contributed by atoms with Gasteiger partial charge in [-0.05, 0) is 36.5 Å². The first-order valence-corrected chi connectivity index (χ1v) is 9.91. The number of carbonyl (C=O) groups excluding carboxylic acids is 3. The Labute approximate surface area is 179 Å². The van der Waals surface area contributed by atoms with Gasteiger partial charge < -0.3 is 5.32 Å². The lowest BCUT2D eigenvalue weighted by Crippen LogP contribution is -2.69. The van der Waals surface area contributed by atoms with Gasteiger partial charge in [-0.2, -0.15) is 26.3 Å². The number of imide groups is 1.